The van der Waals surface area contributed by atoms with E-state index in [4.69, 9.17) is 0 Å². The van der Waals surface area contributed by atoms with Crippen LogP contribution in [0.1, 0.15) is 45.4 Å². The molecule has 0 saturated carbocycles. The third kappa shape index (κ3) is 4.99. The summed E-state index contributed by atoms with van der Waals surface area (Å²) in [5.74, 6) is 3.68. The van der Waals surface area contributed by atoms with Gasteiger partial charge in [0.2, 0.25) is 5.91 Å². The third-order valence-corrected chi connectivity index (χ3v) is 5.39. The lowest BCUT2D eigenvalue weighted by Crippen LogP contribution is -2.46. The minimum atomic E-state index is -0.00678. The number of rotatable bonds is 4. The first-order valence-electron chi connectivity index (χ1n) is 7.87. The number of thioether (sulfide) groups is 1. The molecule has 2 heterocycles. The van der Waals surface area contributed by atoms with Gasteiger partial charge in [0.25, 0.3) is 0 Å². The second-order valence-corrected chi connectivity index (χ2v) is 7.15. The molecule has 2 rings (SSSR count). The number of hydrogen-bond donors (Lipinski definition) is 1. The zero-order valence-electron chi connectivity index (χ0n) is 12.2. The molecule has 1 atom stereocenters. The summed E-state index contributed by atoms with van der Waals surface area (Å²) >= 11 is 2.06. The largest absolute Gasteiger partial charge is 0.341 e. The van der Waals surface area contributed by atoms with Crippen LogP contribution >= 0.6 is 11.8 Å². The van der Waals surface area contributed by atoms with Crippen molar-refractivity contribution in [2.75, 3.05) is 31.1 Å². The van der Waals surface area contributed by atoms with Gasteiger partial charge >= 0.3 is 0 Å². The SMILES string of the molecule is CC(NCC1CCSCC1)C(=O)N1CCCCCC1. The van der Waals surface area contributed by atoms with E-state index in [0.717, 1.165) is 25.6 Å². The van der Waals surface area contributed by atoms with E-state index in [-0.39, 0.29) is 6.04 Å². The standard InChI is InChI=1S/C15H28N2OS/c1-13(16-12-14-6-10-19-11-7-14)15(18)17-8-4-2-3-5-9-17/h13-14,16H,2-12H2,1H3. The topological polar surface area (TPSA) is 32.3 Å². The van der Waals surface area contributed by atoms with Gasteiger partial charge in [0.05, 0.1) is 6.04 Å². The summed E-state index contributed by atoms with van der Waals surface area (Å²) in [7, 11) is 0. The number of nitrogens with one attached hydrogen (secondary N) is 1. The molecule has 1 N–H and O–H groups in total. The van der Waals surface area contributed by atoms with E-state index in [1.165, 1.54) is 50.0 Å². The van der Waals surface area contributed by atoms with E-state index in [9.17, 15) is 4.79 Å². The van der Waals surface area contributed by atoms with Gasteiger partial charge in [-0.05, 0) is 56.6 Å². The molecule has 1 unspecified atom stereocenters. The van der Waals surface area contributed by atoms with Crippen molar-refractivity contribution in [2.24, 2.45) is 5.92 Å². The molecule has 4 heteroatoms. The fourth-order valence-electron chi connectivity index (χ4n) is 2.95. The van der Waals surface area contributed by atoms with Gasteiger partial charge in [-0.1, -0.05) is 12.8 Å². The number of nitrogens with zero attached hydrogens (tertiary/aromatic N) is 1. The Labute approximate surface area is 121 Å². The van der Waals surface area contributed by atoms with Crippen LogP contribution in [0.5, 0.6) is 0 Å². The molecule has 2 aliphatic rings. The van der Waals surface area contributed by atoms with Crippen molar-refractivity contribution in [3.05, 3.63) is 0 Å². The smallest absolute Gasteiger partial charge is 0.239 e. The summed E-state index contributed by atoms with van der Waals surface area (Å²) in [6, 6.07) is -0.00678. The predicted octanol–water partition coefficient (Wildman–Crippen LogP) is 2.51. The minimum absolute atomic E-state index is 0.00678. The van der Waals surface area contributed by atoms with Gasteiger partial charge in [-0.25, -0.2) is 0 Å². The molecule has 19 heavy (non-hydrogen) atoms. The van der Waals surface area contributed by atoms with E-state index in [1.54, 1.807) is 0 Å². The Hall–Kier alpha value is -0.220. The van der Waals surface area contributed by atoms with E-state index in [2.05, 4.69) is 22.0 Å². The van der Waals surface area contributed by atoms with Crippen LogP contribution in [-0.4, -0.2) is 48.0 Å². The normalized spacial score (nSPS) is 23.9. The lowest BCUT2D eigenvalue weighted by atomic mass is 10.0. The average molecular weight is 284 g/mol. The first kappa shape index (κ1) is 15.2. The molecule has 0 bridgehead atoms. The Morgan fingerprint density at radius 3 is 2.47 bits per heavy atom. The van der Waals surface area contributed by atoms with Crippen molar-refractivity contribution in [1.82, 2.24) is 10.2 Å². The van der Waals surface area contributed by atoms with Crippen molar-refractivity contribution in [3.8, 4) is 0 Å². The molecule has 2 fully saturated rings. The second-order valence-electron chi connectivity index (χ2n) is 5.93. The first-order chi connectivity index (χ1) is 9.27. The van der Waals surface area contributed by atoms with Crippen LogP contribution in [0.25, 0.3) is 0 Å². The van der Waals surface area contributed by atoms with Crippen LogP contribution in [0.4, 0.5) is 0 Å². The summed E-state index contributed by atoms with van der Waals surface area (Å²) in [5.41, 5.74) is 0. The van der Waals surface area contributed by atoms with Gasteiger partial charge < -0.3 is 10.2 Å². The van der Waals surface area contributed by atoms with Crippen molar-refractivity contribution in [1.29, 1.82) is 0 Å². The van der Waals surface area contributed by atoms with E-state index in [1.807, 2.05) is 6.92 Å². The Kier molecular flexibility index (Phi) is 6.51. The molecule has 0 aromatic heterocycles. The van der Waals surface area contributed by atoms with Gasteiger partial charge in [0, 0.05) is 13.1 Å². The molecule has 2 aliphatic heterocycles. The van der Waals surface area contributed by atoms with Crippen molar-refractivity contribution >= 4 is 17.7 Å². The van der Waals surface area contributed by atoms with Gasteiger partial charge in [-0.3, -0.25) is 4.79 Å². The third-order valence-electron chi connectivity index (χ3n) is 4.34. The fraction of sp³-hybridized carbons (Fsp3) is 0.933. The Morgan fingerprint density at radius 2 is 1.84 bits per heavy atom. The predicted molar refractivity (Wildman–Crippen MR) is 82.6 cm³/mol. The zero-order valence-corrected chi connectivity index (χ0v) is 13.0. The number of carbonyl (C=O) groups excluding carboxylic acids is 1. The van der Waals surface area contributed by atoms with Crippen LogP contribution in [0.15, 0.2) is 0 Å². The van der Waals surface area contributed by atoms with Crippen molar-refractivity contribution < 1.29 is 4.79 Å². The maximum Gasteiger partial charge on any atom is 0.239 e. The maximum absolute atomic E-state index is 12.4. The molecule has 0 aromatic rings. The average Bonchev–Trinajstić information content (AvgIpc) is 2.74. The number of amides is 1. The molecule has 1 amide bonds. The van der Waals surface area contributed by atoms with E-state index >= 15 is 0 Å². The lowest BCUT2D eigenvalue weighted by Gasteiger charge is -2.27. The molecule has 3 nitrogen and oxygen atoms in total. The molecule has 2 saturated heterocycles. The van der Waals surface area contributed by atoms with Gasteiger partial charge in [-0.2, -0.15) is 11.8 Å². The summed E-state index contributed by atoms with van der Waals surface area (Å²) < 4.78 is 0. The summed E-state index contributed by atoms with van der Waals surface area (Å²) in [6.45, 7) is 4.97. The summed E-state index contributed by atoms with van der Waals surface area (Å²) in [5, 5.41) is 3.47. The molecule has 110 valence electrons. The Bertz CT molecular complexity index is 271. The zero-order chi connectivity index (χ0) is 13.5. The highest BCUT2D eigenvalue weighted by Gasteiger charge is 2.22. The first-order valence-corrected chi connectivity index (χ1v) is 9.03. The van der Waals surface area contributed by atoms with E-state index in [0.29, 0.717) is 5.91 Å². The van der Waals surface area contributed by atoms with Crippen LogP contribution in [-0.2, 0) is 4.79 Å². The molecule has 0 radical (unpaired) electrons. The Balaban J connectivity index is 1.71. The van der Waals surface area contributed by atoms with Gasteiger partial charge in [0.15, 0.2) is 0 Å². The highest BCUT2D eigenvalue weighted by molar-refractivity contribution is 7.99. The molecular weight excluding hydrogens is 256 g/mol. The van der Waals surface area contributed by atoms with Crippen LogP contribution < -0.4 is 5.32 Å². The fourth-order valence-corrected chi connectivity index (χ4v) is 4.15. The summed E-state index contributed by atoms with van der Waals surface area (Å²) in [6.07, 6.45) is 7.54. The summed E-state index contributed by atoms with van der Waals surface area (Å²) in [4.78, 5) is 14.5. The highest BCUT2D eigenvalue weighted by atomic mass is 32.2. The number of likely N-dealkylation sites (tertiary alicyclic amines) is 1. The van der Waals surface area contributed by atoms with Crippen LogP contribution in [0.3, 0.4) is 0 Å². The number of hydrogen-bond acceptors (Lipinski definition) is 3. The van der Waals surface area contributed by atoms with E-state index < -0.39 is 0 Å². The van der Waals surface area contributed by atoms with Gasteiger partial charge in [-0.15, -0.1) is 0 Å². The maximum atomic E-state index is 12.4. The monoisotopic (exact) mass is 284 g/mol. The highest BCUT2D eigenvalue weighted by Crippen LogP contribution is 2.22. The van der Waals surface area contributed by atoms with Crippen molar-refractivity contribution in [2.45, 2.75) is 51.5 Å². The second kappa shape index (κ2) is 8.15. The molecule has 0 aromatic carbocycles. The lowest BCUT2D eigenvalue weighted by molar-refractivity contribution is -0.133. The molecule has 0 aliphatic carbocycles. The van der Waals surface area contributed by atoms with Gasteiger partial charge in [0.1, 0.15) is 0 Å². The van der Waals surface area contributed by atoms with Crippen molar-refractivity contribution in [3.63, 3.8) is 0 Å². The minimum Gasteiger partial charge on any atom is -0.341 e. The number of carbonyl (C=O) groups is 1. The van der Waals surface area contributed by atoms with Crippen LogP contribution in [0.2, 0.25) is 0 Å². The Morgan fingerprint density at radius 1 is 1.21 bits per heavy atom. The van der Waals surface area contributed by atoms with Crippen LogP contribution in [0, 0.1) is 5.92 Å². The molecule has 0 spiro atoms. The molecular formula is C15H28N2OS. The quantitative estimate of drug-likeness (QED) is 0.861.